The standard InChI is InChI=1S/C22H27N3OS/c1-3-6-20-18(4-2)15-21(27-20)22(26)25-12-5-11-24(13-14-25)19-9-7-17(16-23)8-10-19/h7-10,15H,3-6,11-14H2,1-2H3. The zero-order chi connectivity index (χ0) is 19.2. The van der Waals surface area contributed by atoms with Crippen LogP contribution in [0.2, 0.25) is 0 Å². The van der Waals surface area contributed by atoms with Gasteiger partial charge in [0.15, 0.2) is 0 Å². The Morgan fingerprint density at radius 2 is 1.93 bits per heavy atom. The molecule has 27 heavy (non-hydrogen) atoms. The molecule has 0 unspecified atom stereocenters. The zero-order valence-corrected chi connectivity index (χ0v) is 17.0. The zero-order valence-electron chi connectivity index (χ0n) is 16.2. The van der Waals surface area contributed by atoms with Gasteiger partial charge in [-0.2, -0.15) is 5.26 Å². The molecule has 0 bridgehead atoms. The maximum atomic E-state index is 13.0. The molecular weight excluding hydrogens is 354 g/mol. The number of amides is 1. The Kier molecular flexibility index (Phi) is 6.52. The molecule has 4 nitrogen and oxygen atoms in total. The second kappa shape index (κ2) is 9.05. The van der Waals surface area contributed by atoms with E-state index in [2.05, 4.69) is 30.9 Å². The molecule has 0 saturated carbocycles. The predicted octanol–water partition coefficient (Wildman–Crippen LogP) is 4.49. The van der Waals surface area contributed by atoms with Crippen LogP contribution in [0, 0.1) is 11.3 Å². The normalized spacial score (nSPS) is 14.7. The summed E-state index contributed by atoms with van der Waals surface area (Å²) in [6, 6.07) is 12.0. The summed E-state index contributed by atoms with van der Waals surface area (Å²) < 4.78 is 0. The van der Waals surface area contributed by atoms with Crippen molar-refractivity contribution in [2.75, 3.05) is 31.1 Å². The van der Waals surface area contributed by atoms with Gasteiger partial charge in [-0.15, -0.1) is 11.3 Å². The molecule has 1 aliphatic heterocycles. The molecule has 2 heterocycles. The van der Waals surface area contributed by atoms with E-state index in [1.54, 1.807) is 11.3 Å². The van der Waals surface area contributed by atoms with E-state index in [0.717, 1.165) is 62.4 Å². The molecule has 1 saturated heterocycles. The number of carbonyl (C=O) groups is 1. The molecule has 3 rings (SSSR count). The summed E-state index contributed by atoms with van der Waals surface area (Å²) in [4.78, 5) is 19.6. The first kappa shape index (κ1) is 19.4. The van der Waals surface area contributed by atoms with Crippen LogP contribution in [0.5, 0.6) is 0 Å². The van der Waals surface area contributed by atoms with Crippen LogP contribution in [0.4, 0.5) is 5.69 Å². The number of hydrogen-bond acceptors (Lipinski definition) is 4. The number of anilines is 1. The van der Waals surface area contributed by atoms with E-state index in [-0.39, 0.29) is 5.91 Å². The van der Waals surface area contributed by atoms with Gasteiger partial charge in [0.05, 0.1) is 16.5 Å². The Morgan fingerprint density at radius 3 is 2.59 bits per heavy atom. The molecule has 1 aliphatic rings. The number of benzene rings is 1. The first-order valence-electron chi connectivity index (χ1n) is 9.82. The van der Waals surface area contributed by atoms with Crippen molar-refractivity contribution >= 4 is 22.9 Å². The summed E-state index contributed by atoms with van der Waals surface area (Å²) in [5, 5.41) is 8.95. The third-order valence-corrected chi connectivity index (χ3v) is 6.34. The molecule has 1 amide bonds. The number of thiophene rings is 1. The van der Waals surface area contributed by atoms with Gasteiger partial charge in [-0.3, -0.25) is 4.79 Å². The molecule has 0 radical (unpaired) electrons. The minimum absolute atomic E-state index is 0.179. The largest absolute Gasteiger partial charge is 0.370 e. The van der Waals surface area contributed by atoms with Crippen molar-refractivity contribution in [2.24, 2.45) is 0 Å². The van der Waals surface area contributed by atoms with Gasteiger partial charge >= 0.3 is 0 Å². The summed E-state index contributed by atoms with van der Waals surface area (Å²) in [5.74, 6) is 0.179. The van der Waals surface area contributed by atoms with Crippen molar-refractivity contribution < 1.29 is 4.79 Å². The van der Waals surface area contributed by atoms with E-state index in [4.69, 9.17) is 5.26 Å². The molecule has 0 N–H and O–H groups in total. The molecule has 0 aliphatic carbocycles. The van der Waals surface area contributed by atoms with Crippen molar-refractivity contribution in [1.29, 1.82) is 5.26 Å². The highest BCUT2D eigenvalue weighted by Crippen LogP contribution is 2.26. The summed E-state index contributed by atoms with van der Waals surface area (Å²) in [6.07, 6.45) is 4.13. The van der Waals surface area contributed by atoms with E-state index in [9.17, 15) is 4.79 Å². The van der Waals surface area contributed by atoms with Gasteiger partial charge in [-0.05, 0) is 55.2 Å². The van der Waals surface area contributed by atoms with Crippen LogP contribution in [0.15, 0.2) is 30.3 Å². The van der Waals surface area contributed by atoms with Gasteiger partial charge in [0.25, 0.3) is 5.91 Å². The molecule has 1 aromatic carbocycles. The van der Waals surface area contributed by atoms with Crippen LogP contribution in [-0.4, -0.2) is 37.0 Å². The lowest BCUT2D eigenvalue weighted by atomic mass is 10.1. The maximum Gasteiger partial charge on any atom is 0.263 e. The van der Waals surface area contributed by atoms with Gasteiger partial charge in [-0.1, -0.05) is 20.3 Å². The molecule has 1 aromatic heterocycles. The summed E-state index contributed by atoms with van der Waals surface area (Å²) in [7, 11) is 0. The van der Waals surface area contributed by atoms with Crippen LogP contribution < -0.4 is 4.90 Å². The first-order valence-corrected chi connectivity index (χ1v) is 10.6. The monoisotopic (exact) mass is 381 g/mol. The Hall–Kier alpha value is -2.32. The van der Waals surface area contributed by atoms with Crippen molar-refractivity contribution in [3.05, 3.63) is 51.2 Å². The van der Waals surface area contributed by atoms with Gasteiger partial charge < -0.3 is 9.80 Å². The van der Waals surface area contributed by atoms with Crippen LogP contribution in [0.25, 0.3) is 0 Å². The quantitative estimate of drug-likeness (QED) is 0.767. The van der Waals surface area contributed by atoms with Gasteiger partial charge in [0.1, 0.15) is 0 Å². The number of nitrogens with zero attached hydrogens (tertiary/aromatic N) is 3. The number of nitriles is 1. The summed E-state index contributed by atoms with van der Waals surface area (Å²) in [6.45, 7) is 7.65. The van der Waals surface area contributed by atoms with E-state index < -0.39 is 0 Å². The van der Waals surface area contributed by atoms with Crippen LogP contribution in [-0.2, 0) is 12.8 Å². The number of aryl methyl sites for hydroxylation is 2. The lowest BCUT2D eigenvalue weighted by Crippen LogP contribution is -2.34. The average Bonchev–Trinajstić information content (AvgIpc) is 2.95. The SMILES string of the molecule is CCCc1sc(C(=O)N2CCCN(c3ccc(C#N)cc3)CC2)cc1CC. The Bertz CT molecular complexity index is 819. The maximum absolute atomic E-state index is 13.0. The minimum atomic E-state index is 0.179. The second-order valence-corrected chi connectivity index (χ2v) is 8.09. The molecular formula is C22H27N3OS. The molecule has 5 heteroatoms. The minimum Gasteiger partial charge on any atom is -0.370 e. The molecule has 1 fully saturated rings. The summed E-state index contributed by atoms with van der Waals surface area (Å²) in [5.41, 5.74) is 3.13. The van der Waals surface area contributed by atoms with Crippen LogP contribution in [0.3, 0.4) is 0 Å². The lowest BCUT2D eigenvalue weighted by molar-refractivity contribution is 0.0772. The van der Waals surface area contributed by atoms with Crippen molar-refractivity contribution in [3.8, 4) is 6.07 Å². The van der Waals surface area contributed by atoms with Crippen LogP contribution in [0.1, 0.15) is 52.4 Å². The highest BCUT2D eigenvalue weighted by molar-refractivity contribution is 7.14. The van der Waals surface area contributed by atoms with Gasteiger partial charge in [-0.25, -0.2) is 0 Å². The smallest absolute Gasteiger partial charge is 0.263 e. The van der Waals surface area contributed by atoms with E-state index >= 15 is 0 Å². The van der Waals surface area contributed by atoms with E-state index in [1.807, 2.05) is 29.2 Å². The predicted molar refractivity (Wildman–Crippen MR) is 112 cm³/mol. The molecule has 0 atom stereocenters. The van der Waals surface area contributed by atoms with E-state index in [0.29, 0.717) is 5.56 Å². The van der Waals surface area contributed by atoms with Crippen LogP contribution >= 0.6 is 11.3 Å². The fourth-order valence-electron chi connectivity index (χ4n) is 3.59. The first-order chi connectivity index (χ1) is 13.2. The topological polar surface area (TPSA) is 47.3 Å². The fraction of sp³-hybridized carbons (Fsp3) is 0.455. The summed E-state index contributed by atoms with van der Waals surface area (Å²) >= 11 is 1.68. The Morgan fingerprint density at radius 1 is 1.15 bits per heavy atom. The number of carbonyl (C=O) groups excluding carboxylic acids is 1. The fourth-order valence-corrected chi connectivity index (χ4v) is 4.91. The Balaban J connectivity index is 1.68. The molecule has 142 valence electrons. The Labute approximate surface area is 166 Å². The van der Waals surface area contributed by atoms with Gasteiger partial charge in [0, 0.05) is 36.7 Å². The highest BCUT2D eigenvalue weighted by Gasteiger charge is 2.23. The average molecular weight is 382 g/mol. The molecule has 2 aromatic rings. The highest BCUT2D eigenvalue weighted by atomic mass is 32.1. The second-order valence-electron chi connectivity index (χ2n) is 6.95. The lowest BCUT2D eigenvalue weighted by Gasteiger charge is -2.23. The number of hydrogen-bond donors (Lipinski definition) is 0. The molecule has 0 spiro atoms. The van der Waals surface area contributed by atoms with Gasteiger partial charge in [0.2, 0.25) is 0 Å². The number of rotatable bonds is 5. The van der Waals surface area contributed by atoms with Crippen molar-refractivity contribution in [1.82, 2.24) is 4.90 Å². The van der Waals surface area contributed by atoms with Crippen molar-refractivity contribution in [2.45, 2.75) is 39.5 Å². The van der Waals surface area contributed by atoms with E-state index in [1.165, 1.54) is 10.4 Å². The third kappa shape index (κ3) is 4.51. The van der Waals surface area contributed by atoms with Crippen molar-refractivity contribution in [3.63, 3.8) is 0 Å². The third-order valence-electron chi connectivity index (χ3n) is 5.11.